The van der Waals surface area contributed by atoms with Crippen molar-refractivity contribution in [2.45, 2.75) is 0 Å². The molecule has 23 heteroatoms. The van der Waals surface area contributed by atoms with E-state index in [1.54, 1.807) is 135 Å². The number of hydrogen-bond acceptors (Lipinski definition) is 23. The summed E-state index contributed by atoms with van der Waals surface area (Å²) in [7, 11) is 36.9. The van der Waals surface area contributed by atoms with Gasteiger partial charge in [-0.05, 0) is 78.6 Å². The highest BCUT2D eigenvalue weighted by Gasteiger charge is 2.00. The van der Waals surface area contributed by atoms with Gasteiger partial charge in [0.25, 0.3) is 0 Å². The largest absolute Gasteiger partial charge is 0.308 e. The SMILES string of the molecule is COSSSSSSSSSSSSSSSSSSSSSS. The normalized spacial score (nSPS) is 11.2. The summed E-state index contributed by atoms with van der Waals surface area (Å²) < 4.78 is 4.88. The Hall–Kier alpha value is 7.66. The lowest BCUT2D eigenvalue weighted by molar-refractivity contribution is 0.498. The van der Waals surface area contributed by atoms with E-state index in [2.05, 4.69) is 11.7 Å². The molecule has 0 aliphatic rings. The Morgan fingerprint density at radius 1 is 0.417 bits per heavy atom. The standard InChI is InChI=1S/CH4OS22/c1-2-4-6-8-10-12-14-16-18-20-22-24-23-21-19-17-15-13-11-9-7-5-3/h3H,1H3. The molecule has 0 aliphatic heterocycles. The molecule has 0 N–H and O–H groups in total. The second-order valence-electron chi connectivity index (χ2n) is 1.60. The van der Waals surface area contributed by atoms with Crippen LogP contribution in [0.25, 0.3) is 0 Å². The van der Waals surface area contributed by atoms with E-state index in [1.165, 1.54) is 20.9 Å². The molecule has 0 saturated heterocycles. The lowest BCUT2D eigenvalue weighted by Gasteiger charge is -1.98. The maximum Gasteiger partial charge on any atom is 0.0746 e. The van der Waals surface area contributed by atoms with Gasteiger partial charge in [-0.25, -0.2) is 0 Å². The Morgan fingerprint density at radius 3 is 0.917 bits per heavy atom. The fraction of sp³-hybridized carbons (Fsp3) is 1.00. The summed E-state index contributed by atoms with van der Waals surface area (Å²) in [6.45, 7) is 0. The highest BCUT2D eigenvalue weighted by atomic mass is 34.1. The molecule has 0 aliphatic carbocycles. The van der Waals surface area contributed by atoms with Crippen LogP contribution in [0.5, 0.6) is 0 Å². The predicted molar refractivity (Wildman–Crippen MR) is 175 cm³/mol. The van der Waals surface area contributed by atoms with Crippen LogP contribution in [-0.4, -0.2) is 7.11 Å². The number of thiol groups is 1. The minimum atomic E-state index is 1.40. The molecule has 0 rings (SSSR count). The summed E-state index contributed by atoms with van der Waals surface area (Å²) in [6, 6.07) is 0. The third kappa shape index (κ3) is 29.7. The average molecular weight is 738 g/mol. The third-order valence-corrected chi connectivity index (χ3v) is 44.3. The van der Waals surface area contributed by atoms with Crippen LogP contribution < -0.4 is 0 Å². The van der Waals surface area contributed by atoms with Crippen LogP contribution in [0.3, 0.4) is 0 Å². The van der Waals surface area contributed by atoms with Crippen molar-refractivity contribution in [3.8, 4) is 0 Å². The molecule has 146 valence electrons. The molecule has 0 aromatic carbocycles. The molecule has 0 fully saturated rings. The van der Waals surface area contributed by atoms with Gasteiger partial charge in [0.1, 0.15) is 0 Å². The lowest BCUT2D eigenvalue weighted by atomic mass is 11.8. The molecule has 0 aromatic heterocycles. The molecule has 0 amide bonds. The second-order valence-corrected chi connectivity index (χ2v) is 38.0. The van der Waals surface area contributed by atoms with Gasteiger partial charge < -0.3 is 4.18 Å². The number of rotatable bonds is 21. The molecule has 24 heavy (non-hydrogen) atoms. The van der Waals surface area contributed by atoms with Crippen molar-refractivity contribution in [1.29, 1.82) is 0 Å². The second kappa shape index (κ2) is 30.7. The van der Waals surface area contributed by atoms with Crippen LogP contribution in [0.2, 0.25) is 0 Å². The number of hydrogen-bond donors (Lipinski definition) is 1. The fourth-order valence-electron chi connectivity index (χ4n) is 0.244. The molecule has 0 aromatic rings. The first kappa shape index (κ1) is 31.7. The van der Waals surface area contributed by atoms with E-state index in [9.17, 15) is 0 Å². The van der Waals surface area contributed by atoms with Crippen molar-refractivity contribution in [3.05, 3.63) is 0 Å². The van der Waals surface area contributed by atoms with Crippen LogP contribution in [-0.2, 0) is 4.18 Å². The van der Waals surface area contributed by atoms with Crippen LogP contribution >= 0.6 is 219 Å². The Labute approximate surface area is 225 Å². The van der Waals surface area contributed by atoms with Gasteiger partial charge >= 0.3 is 0 Å². The fourth-order valence-corrected chi connectivity index (χ4v) is 51.5. The summed E-state index contributed by atoms with van der Waals surface area (Å²) in [6.07, 6.45) is 0. The molecule has 0 atom stereocenters. The van der Waals surface area contributed by atoms with Crippen LogP contribution in [0, 0.1) is 0 Å². The average Bonchev–Trinajstić information content (AvgIpc) is 2.60. The summed E-state index contributed by atoms with van der Waals surface area (Å²) in [4.78, 5) is 0. The van der Waals surface area contributed by atoms with Crippen molar-refractivity contribution in [3.63, 3.8) is 0 Å². The van der Waals surface area contributed by atoms with Crippen LogP contribution in [0.1, 0.15) is 0 Å². The van der Waals surface area contributed by atoms with Gasteiger partial charge in [0, 0.05) is 118 Å². The molecular formula is CH4OS22. The van der Waals surface area contributed by atoms with Gasteiger partial charge in [0.05, 0.1) is 18.2 Å². The first-order valence-electron chi connectivity index (χ1n) is 4.09. The quantitative estimate of drug-likeness (QED) is 0.0518. The molecule has 0 heterocycles. The molecule has 0 bridgehead atoms. The summed E-state index contributed by atoms with van der Waals surface area (Å²) in [5.74, 6) is 0. The molecule has 0 unspecified atom stereocenters. The van der Waals surface area contributed by atoms with E-state index in [-0.39, 0.29) is 0 Å². The van der Waals surface area contributed by atoms with Crippen molar-refractivity contribution in [1.82, 2.24) is 0 Å². The molecular weight excluding hydrogens is 733 g/mol. The van der Waals surface area contributed by atoms with E-state index in [0.29, 0.717) is 0 Å². The summed E-state index contributed by atoms with van der Waals surface area (Å²) in [5, 5.41) is 0. The summed E-state index contributed by atoms with van der Waals surface area (Å²) >= 11 is 5.45. The highest BCUT2D eigenvalue weighted by molar-refractivity contribution is 9.59. The Kier molecular flexibility index (Phi) is 40.4. The first-order valence-corrected chi connectivity index (χ1v) is 32.6. The minimum Gasteiger partial charge on any atom is -0.308 e. The van der Waals surface area contributed by atoms with Crippen molar-refractivity contribution >= 4 is 219 Å². The van der Waals surface area contributed by atoms with Gasteiger partial charge in [-0.1, -0.05) is 11.7 Å². The van der Waals surface area contributed by atoms with Gasteiger partial charge in [0.15, 0.2) is 0 Å². The zero-order valence-electron chi connectivity index (χ0n) is 10.4. The highest BCUT2D eigenvalue weighted by Crippen LogP contribution is 2.65. The summed E-state index contributed by atoms with van der Waals surface area (Å²) in [5.41, 5.74) is 0. The smallest absolute Gasteiger partial charge is 0.0746 e. The van der Waals surface area contributed by atoms with Gasteiger partial charge in [-0.2, -0.15) is 0 Å². The molecule has 0 saturated carbocycles. The van der Waals surface area contributed by atoms with Gasteiger partial charge in [0.2, 0.25) is 0 Å². The minimum absolute atomic E-state index is 1.40. The van der Waals surface area contributed by atoms with Crippen molar-refractivity contribution < 1.29 is 4.18 Å². The maximum absolute atomic E-state index is 4.88. The predicted octanol–water partition coefficient (Wildman–Crippen LogP) is 14.1. The third-order valence-electron chi connectivity index (χ3n) is 0.626. The van der Waals surface area contributed by atoms with Crippen LogP contribution in [0.4, 0.5) is 0 Å². The Balaban J connectivity index is 2.93. The Morgan fingerprint density at radius 2 is 0.667 bits per heavy atom. The first-order chi connectivity index (χ1) is 11.9. The van der Waals surface area contributed by atoms with Crippen LogP contribution in [0.15, 0.2) is 0 Å². The van der Waals surface area contributed by atoms with Crippen molar-refractivity contribution in [2.75, 3.05) is 7.11 Å². The van der Waals surface area contributed by atoms with Gasteiger partial charge in [-0.15, -0.1) is 0 Å². The monoisotopic (exact) mass is 735 g/mol. The van der Waals surface area contributed by atoms with E-state index >= 15 is 0 Å². The van der Waals surface area contributed by atoms with E-state index < -0.39 is 0 Å². The van der Waals surface area contributed by atoms with Crippen molar-refractivity contribution in [2.24, 2.45) is 0 Å². The Bertz CT molecular complexity index is 186. The van der Waals surface area contributed by atoms with E-state index in [0.717, 1.165) is 0 Å². The zero-order valence-corrected chi connectivity index (χ0v) is 28.5. The zero-order chi connectivity index (χ0) is 17.6. The molecule has 0 radical (unpaired) electrons. The van der Waals surface area contributed by atoms with Gasteiger partial charge in [-0.3, -0.25) is 0 Å². The maximum atomic E-state index is 4.88. The lowest BCUT2D eigenvalue weighted by Crippen LogP contribution is -1.51. The molecule has 1 nitrogen and oxygen atoms in total. The van der Waals surface area contributed by atoms with E-state index in [1.807, 2.05) is 59.0 Å². The topological polar surface area (TPSA) is 9.23 Å². The molecule has 0 spiro atoms. The van der Waals surface area contributed by atoms with E-state index in [4.69, 9.17) is 4.18 Å².